The average molecular weight is 327 g/mol. The molecule has 4 nitrogen and oxygen atoms in total. The normalized spacial score (nSPS) is 13.0. The summed E-state index contributed by atoms with van der Waals surface area (Å²) in [4.78, 5) is -0.758. The van der Waals surface area contributed by atoms with Crippen LogP contribution in [0.3, 0.4) is 0 Å². The first-order valence-corrected chi connectivity index (χ1v) is 8.06. The van der Waals surface area contributed by atoms with Gasteiger partial charge in [0.15, 0.2) is 11.6 Å². The maximum atomic E-state index is 13.7. The molecule has 0 aliphatic rings. The van der Waals surface area contributed by atoms with E-state index >= 15 is 0 Å². The number of rotatable bonds is 6. The van der Waals surface area contributed by atoms with Crippen LogP contribution in [0.25, 0.3) is 0 Å². The number of nitrogens with one attached hydrogen (secondary N) is 1. The summed E-state index contributed by atoms with van der Waals surface area (Å²) in [6.07, 6.45) is 0.111. The highest BCUT2D eigenvalue weighted by atomic mass is 32.2. The molecule has 0 heterocycles. The molecule has 0 bridgehead atoms. The Kier molecular flexibility index (Phi) is 5.23. The van der Waals surface area contributed by atoms with Crippen LogP contribution in [0.2, 0.25) is 0 Å². The molecule has 0 radical (unpaired) electrons. The third-order valence-corrected chi connectivity index (χ3v) is 4.61. The van der Waals surface area contributed by atoms with E-state index in [0.29, 0.717) is 5.56 Å². The Bertz CT molecular complexity index is 736. The van der Waals surface area contributed by atoms with Crippen molar-refractivity contribution in [2.45, 2.75) is 17.4 Å². The highest BCUT2D eigenvalue weighted by Gasteiger charge is 2.25. The summed E-state index contributed by atoms with van der Waals surface area (Å²) in [6, 6.07) is 10.8. The number of halogens is 2. The van der Waals surface area contributed by atoms with Gasteiger partial charge in [0.05, 0.1) is 0 Å². The molecule has 1 atom stereocenters. The lowest BCUT2D eigenvalue weighted by Crippen LogP contribution is -2.30. The topological polar surface area (TPSA) is 66.4 Å². The Morgan fingerprint density at radius 3 is 2.36 bits per heavy atom. The van der Waals surface area contributed by atoms with Crippen molar-refractivity contribution in [3.8, 4) is 0 Å². The van der Waals surface area contributed by atoms with Crippen molar-refractivity contribution < 1.29 is 22.3 Å². The zero-order valence-electron chi connectivity index (χ0n) is 11.5. The maximum Gasteiger partial charge on any atom is 0.244 e. The fourth-order valence-electron chi connectivity index (χ4n) is 2.05. The lowest BCUT2D eigenvalue weighted by molar-refractivity contribution is 0.272. The minimum absolute atomic E-state index is 0.111. The second kappa shape index (κ2) is 6.95. The smallest absolute Gasteiger partial charge is 0.244 e. The van der Waals surface area contributed by atoms with Crippen molar-refractivity contribution in [1.82, 2.24) is 4.72 Å². The van der Waals surface area contributed by atoms with Gasteiger partial charge in [0.1, 0.15) is 4.90 Å². The van der Waals surface area contributed by atoms with E-state index in [9.17, 15) is 17.2 Å². The Balaban J connectivity index is 2.35. The minimum atomic E-state index is -4.26. The van der Waals surface area contributed by atoms with Crippen LogP contribution in [0.15, 0.2) is 53.4 Å². The van der Waals surface area contributed by atoms with E-state index in [0.717, 1.165) is 18.2 Å². The van der Waals surface area contributed by atoms with Crippen molar-refractivity contribution in [2.24, 2.45) is 0 Å². The van der Waals surface area contributed by atoms with Crippen LogP contribution in [0.4, 0.5) is 8.78 Å². The zero-order valence-corrected chi connectivity index (χ0v) is 12.4. The van der Waals surface area contributed by atoms with E-state index in [1.54, 1.807) is 30.3 Å². The third-order valence-electron chi connectivity index (χ3n) is 3.12. The van der Waals surface area contributed by atoms with Crippen LogP contribution in [0, 0.1) is 11.6 Å². The number of hydrogen-bond donors (Lipinski definition) is 2. The average Bonchev–Trinajstić information content (AvgIpc) is 2.50. The highest BCUT2D eigenvalue weighted by Crippen LogP contribution is 2.22. The Morgan fingerprint density at radius 1 is 1.05 bits per heavy atom. The number of hydrogen-bond acceptors (Lipinski definition) is 3. The van der Waals surface area contributed by atoms with Gasteiger partial charge in [-0.25, -0.2) is 21.9 Å². The lowest BCUT2D eigenvalue weighted by atomic mass is 10.1. The van der Waals surface area contributed by atoms with Gasteiger partial charge in [0.2, 0.25) is 10.0 Å². The van der Waals surface area contributed by atoms with Gasteiger partial charge < -0.3 is 5.11 Å². The molecule has 118 valence electrons. The van der Waals surface area contributed by atoms with Gasteiger partial charge in [-0.3, -0.25) is 0 Å². The Hall–Kier alpha value is -1.83. The quantitative estimate of drug-likeness (QED) is 0.856. The summed E-state index contributed by atoms with van der Waals surface area (Å²) in [5, 5.41) is 9.10. The molecule has 0 saturated heterocycles. The monoisotopic (exact) mass is 327 g/mol. The van der Waals surface area contributed by atoms with Gasteiger partial charge in [0.25, 0.3) is 0 Å². The molecule has 0 saturated carbocycles. The van der Waals surface area contributed by atoms with E-state index in [1.165, 1.54) is 0 Å². The fourth-order valence-corrected chi connectivity index (χ4v) is 3.40. The second-order valence-electron chi connectivity index (χ2n) is 4.65. The Morgan fingerprint density at radius 2 is 1.73 bits per heavy atom. The molecule has 0 unspecified atom stereocenters. The molecule has 2 aromatic rings. The zero-order chi connectivity index (χ0) is 16.2. The van der Waals surface area contributed by atoms with Gasteiger partial charge in [0, 0.05) is 12.6 Å². The number of aliphatic hydroxyl groups excluding tert-OH is 1. The van der Waals surface area contributed by atoms with Crippen molar-refractivity contribution in [2.75, 3.05) is 6.61 Å². The molecular formula is C15H15F2NO3S. The van der Waals surface area contributed by atoms with Gasteiger partial charge >= 0.3 is 0 Å². The van der Waals surface area contributed by atoms with E-state index in [1.807, 2.05) is 0 Å². The molecule has 2 aromatic carbocycles. The van der Waals surface area contributed by atoms with Crippen molar-refractivity contribution >= 4 is 10.0 Å². The predicted octanol–water partition coefficient (Wildman–Crippen LogP) is 2.37. The molecule has 0 amide bonds. The van der Waals surface area contributed by atoms with E-state index < -0.39 is 32.6 Å². The second-order valence-corrected chi connectivity index (χ2v) is 6.33. The maximum absolute atomic E-state index is 13.7. The highest BCUT2D eigenvalue weighted by molar-refractivity contribution is 7.89. The SMILES string of the molecule is O=S(=O)(N[C@H](CCO)c1ccccc1)c1cccc(F)c1F. The fraction of sp³-hybridized carbons (Fsp3) is 0.200. The minimum Gasteiger partial charge on any atom is -0.396 e. The van der Waals surface area contributed by atoms with Gasteiger partial charge in [-0.15, -0.1) is 0 Å². The van der Waals surface area contributed by atoms with E-state index in [-0.39, 0.29) is 13.0 Å². The standard InChI is InChI=1S/C15H15F2NO3S/c16-12-7-4-8-14(15(12)17)22(20,21)18-13(9-10-19)11-5-2-1-3-6-11/h1-8,13,18-19H,9-10H2/t13-/m1/s1. The summed E-state index contributed by atoms with van der Waals surface area (Å²) >= 11 is 0. The Labute approximate surface area is 127 Å². The molecule has 2 N–H and O–H groups in total. The lowest BCUT2D eigenvalue weighted by Gasteiger charge is -2.18. The molecule has 0 aliphatic heterocycles. The first kappa shape index (κ1) is 16.5. The molecule has 0 fully saturated rings. The molecule has 7 heteroatoms. The number of aliphatic hydroxyl groups is 1. The van der Waals surface area contributed by atoms with Crippen molar-refractivity contribution in [3.05, 3.63) is 65.7 Å². The third kappa shape index (κ3) is 3.68. The summed E-state index contributed by atoms with van der Waals surface area (Å²) in [5.74, 6) is -2.66. The molecule has 0 aliphatic carbocycles. The van der Waals surface area contributed by atoms with Crippen LogP contribution in [0.5, 0.6) is 0 Å². The number of benzene rings is 2. The first-order chi connectivity index (χ1) is 10.5. The molecule has 0 spiro atoms. The van der Waals surface area contributed by atoms with Crippen molar-refractivity contribution in [3.63, 3.8) is 0 Å². The van der Waals surface area contributed by atoms with Crippen LogP contribution >= 0.6 is 0 Å². The molecular weight excluding hydrogens is 312 g/mol. The van der Waals surface area contributed by atoms with Gasteiger partial charge in [-0.05, 0) is 24.1 Å². The molecule has 22 heavy (non-hydrogen) atoms. The van der Waals surface area contributed by atoms with Crippen LogP contribution in [-0.4, -0.2) is 20.1 Å². The van der Waals surface area contributed by atoms with E-state index in [4.69, 9.17) is 5.11 Å². The van der Waals surface area contributed by atoms with Crippen molar-refractivity contribution in [1.29, 1.82) is 0 Å². The largest absolute Gasteiger partial charge is 0.396 e. The van der Waals surface area contributed by atoms with Crippen LogP contribution in [0.1, 0.15) is 18.0 Å². The molecule has 0 aromatic heterocycles. The number of sulfonamides is 1. The van der Waals surface area contributed by atoms with E-state index in [2.05, 4.69) is 4.72 Å². The van der Waals surface area contributed by atoms with Crippen LogP contribution < -0.4 is 4.72 Å². The van der Waals surface area contributed by atoms with Gasteiger partial charge in [-0.1, -0.05) is 36.4 Å². The molecule has 2 rings (SSSR count). The first-order valence-electron chi connectivity index (χ1n) is 6.58. The van der Waals surface area contributed by atoms with Crippen LogP contribution in [-0.2, 0) is 10.0 Å². The predicted molar refractivity (Wildman–Crippen MR) is 77.6 cm³/mol. The summed E-state index contributed by atoms with van der Waals surface area (Å²) in [6.45, 7) is -0.256. The summed E-state index contributed by atoms with van der Waals surface area (Å²) < 4.78 is 53.7. The summed E-state index contributed by atoms with van der Waals surface area (Å²) in [7, 11) is -4.26. The van der Waals surface area contributed by atoms with Gasteiger partial charge in [-0.2, -0.15) is 0 Å². The summed E-state index contributed by atoms with van der Waals surface area (Å²) in [5.41, 5.74) is 0.622.